The molecule has 7 nitrogen and oxygen atoms in total. The molecule has 0 bridgehead atoms. The molecule has 1 unspecified atom stereocenters. The molecular weight excluding hydrogens is 506 g/mol. The summed E-state index contributed by atoms with van der Waals surface area (Å²) in [5, 5.41) is 29.3. The Bertz CT molecular complexity index is 1480. The van der Waals surface area contributed by atoms with Gasteiger partial charge in [0.05, 0.1) is 11.6 Å². The topological polar surface area (TPSA) is 104 Å². The maximum atomic E-state index is 13.3. The van der Waals surface area contributed by atoms with E-state index in [1.807, 2.05) is 60.7 Å². The fourth-order valence-electron chi connectivity index (χ4n) is 3.93. The number of aliphatic hydroxyl groups is 1. The fourth-order valence-corrected chi connectivity index (χ4v) is 5.75. The quantitative estimate of drug-likeness (QED) is 0.172. The maximum Gasteiger partial charge on any atom is 0.296 e. The second-order valence-electron chi connectivity index (χ2n) is 8.16. The van der Waals surface area contributed by atoms with Crippen LogP contribution in [0.15, 0.2) is 107 Å². The lowest BCUT2D eigenvalue weighted by Crippen LogP contribution is -2.30. The van der Waals surface area contributed by atoms with Crippen molar-refractivity contribution in [3.8, 4) is 5.75 Å². The van der Waals surface area contributed by atoms with Crippen molar-refractivity contribution in [2.75, 3.05) is 4.90 Å². The van der Waals surface area contributed by atoms with Gasteiger partial charge in [-0.1, -0.05) is 102 Å². The molecule has 1 aliphatic rings. The lowest BCUT2D eigenvalue weighted by molar-refractivity contribution is -0.117. The molecule has 1 amide bonds. The SMILES string of the molecule is O=C(C=Cc1ccccc1)C1=C(O)C(=O)N(c2nnc(SCc3ccccc3)s2)C1c1ccc(O)cc1. The Morgan fingerprint density at radius 2 is 1.62 bits per heavy atom. The number of hydrogen-bond donors (Lipinski definition) is 2. The van der Waals surface area contributed by atoms with Crippen LogP contribution in [-0.4, -0.2) is 32.1 Å². The standard InChI is InChI=1S/C28H21N3O4S2/c32-21-14-12-20(13-15-21)24-23(22(33)16-11-18-7-3-1-4-8-18)25(34)26(35)31(24)27-29-30-28(37-27)36-17-19-9-5-2-6-10-19/h1-16,24,32,34H,17H2. The molecule has 37 heavy (non-hydrogen) atoms. The summed E-state index contributed by atoms with van der Waals surface area (Å²) in [4.78, 5) is 27.8. The molecular formula is C28H21N3O4S2. The van der Waals surface area contributed by atoms with E-state index >= 15 is 0 Å². The van der Waals surface area contributed by atoms with E-state index in [2.05, 4.69) is 10.2 Å². The molecule has 3 aromatic carbocycles. The Morgan fingerprint density at radius 1 is 0.946 bits per heavy atom. The number of phenols is 1. The molecule has 0 saturated heterocycles. The predicted octanol–water partition coefficient (Wildman–Crippen LogP) is 5.72. The number of aromatic hydroxyl groups is 1. The van der Waals surface area contributed by atoms with Gasteiger partial charge < -0.3 is 10.2 Å². The minimum Gasteiger partial charge on any atom is -0.508 e. The summed E-state index contributed by atoms with van der Waals surface area (Å²) in [5.41, 5.74) is 2.42. The van der Waals surface area contributed by atoms with E-state index in [9.17, 15) is 19.8 Å². The number of amides is 1. The first kappa shape index (κ1) is 24.5. The largest absolute Gasteiger partial charge is 0.508 e. The molecule has 0 aliphatic carbocycles. The van der Waals surface area contributed by atoms with Crippen LogP contribution < -0.4 is 4.90 Å². The van der Waals surface area contributed by atoms with E-state index in [0.29, 0.717) is 15.7 Å². The third kappa shape index (κ3) is 5.32. The first-order chi connectivity index (χ1) is 18.0. The Hall–Kier alpha value is -4.21. The highest BCUT2D eigenvalue weighted by molar-refractivity contribution is 8.00. The summed E-state index contributed by atoms with van der Waals surface area (Å²) in [7, 11) is 0. The van der Waals surface area contributed by atoms with Crippen LogP contribution >= 0.6 is 23.1 Å². The lowest BCUT2D eigenvalue weighted by atomic mass is 9.95. The molecule has 1 aliphatic heterocycles. The third-order valence-electron chi connectivity index (χ3n) is 5.72. The van der Waals surface area contributed by atoms with Gasteiger partial charge in [-0.2, -0.15) is 0 Å². The Labute approximate surface area is 221 Å². The maximum absolute atomic E-state index is 13.3. The van der Waals surface area contributed by atoms with E-state index in [0.717, 1.165) is 11.1 Å². The summed E-state index contributed by atoms with van der Waals surface area (Å²) >= 11 is 2.70. The van der Waals surface area contributed by atoms with E-state index < -0.39 is 23.5 Å². The highest BCUT2D eigenvalue weighted by Gasteiger charge is 2.45. The van der Waals surface area contributed by atoms with Crippen LogP contribution in [0.1, 0.15) is 22.7 Å². The summed E-state index contributed by atoms with van der Waals surface area (Å²) < 4.78 is 0.652. The van der Waals surface area contributed by atoms with Crippen LogP contribution in [0, 0.1) is 0 Å². The predicted molar refractivity (Wildman–Crippen MR) is 144 cm³/mol. The van der Waals surface area contributed by atoms with Crippen molar-refractivity contribution in [3.05, 3.63) is 119 Å². The zero-order valence-electron chi connectivity index (χ0n) is 19.4. The fraction of sp³-hybridized carbons (Fsp3) is 0.0714. The molecule has 4 aromatic rings. The smallest absolute Gasteiger partial charge is 0.296 e. The third-order valence-corrected chi connectivity index (χ3v) is 7.84. The van der Waals surface area contributed by atoms with Crippen molar-refractivity contribution >= 4 is 46.0 Å². The summed E-state index contributed by atoms with van der Waals surface area (Å²) in [6.45, 7) is 0. The number of benzene rings is 3. The lowest BCUT2D eigenvalue weighted by Gasteiger charge is -2.23. The monoisotopic (exact) mass is 527 g/mol. The van der Waals surface area contributed by atoms with Crippen LogP contribution in [0.3, 0.4) is 0 Å². The van der Waals surface area contributed by atoms with Gasteiger partial charge in [0.1, 0.15) is 5.75 Å². The van der Waals surface area contributed by atoms with E-state index in [1.165, 1.54) is 46.2 Å². The molecule has 2 N–H and O–H groups in total. The Morgan fingerprint density at radius 3 is 2.32 bits per heavy atom. The number of carbonyl (C=O) groups is 2. The molecule has 9 heteroatoms. The van der Waals surface area contributed by atoms with Gasteiger partial charge in [-0.05, 0) is 34.9 Å². The number of thioether (sulfide) groups is 1. The average Bonchev–Trinajstić information content (AvgIpc) is 3.50. The second kappa shape index (κ2) is 10.8. The van der Waals surface area contributed by atoms with Crippen molar-refractivity contribution in [1.82, 2.24) is 10.2 Å². The zero-order chi connectivity index (χ0) is 25.8. The molecule has 0 spiro atoms. The van der Waals surface area contributed by atoms with Crippen LogP contribution in [0.4, 0.5) is 5.13 Å². The van der Waals surface area contributed by atoms with Crippen LogP contribution in [0.2, 0.25) is 0 Å². The number of aromatic nitrogens is 2. The van der Waals surface area contributed by atoms with Crippen molar-refractivity contribution < 1.29 is 19.8 Å². The number of allylic oxidation sites excluding steroid dienone is 1. The molecule has 0 saturated carbocycles. The Kier molecular flexibility index (Phi) is 7.16. The first-order valence-electron chi connectivity index (χ1n) is 11.3. The molecule has 1 atom stereocenters. The van der Waals surface area contributed by atoms with Crippen molar-refractivity contribution in [3.63, 3.8) is 0 Å². The summed E-state index contributed by atoms with van der Waals surface area (Å²) in [6, 6.07) is 24.4. The zero-order valence-corrected chi connectivity index (χ0v) is 21.0. The van der Waals surface area contributed by atoms with Crippen molar-refractivity contribution in [2.24, 2.45) is 0 Å². The molecule has 0 fully saturated rings. The average molecular weight is 528 g/mol. The number of phenolic OH excluding ortho intramolecular Hbond substituents is 1. The van der Waals surface area contributed by atoms with Gasteiger partial charge in [-0.15, -0.1) is 10.2 Å². The van der Waals surface area contributed by atoms with Gasteiger partial charge in [0.25, 0.3) is 5.91 Å². The van der Waals surface area contributed by atoms with Crippen molar-refractivity contribution in [2.45, 2.75) is 16.1 Å². The highest BCUT2D eigenvalue weighted by Crippen LogP contribution is 2.43. The number of aliphatic hydroxyl groups excluding tert-OH is 1. The van der Waals surface area contributed by atoms with Crippen LogP contribution in [0.5, 0.6) is 5.75 Å². The normalized spacial score (nSPS) is 15.6. The minimum absolute atomic E-state index is 0.0418. The van der Waals surface area contributed by atoms with Gasteiger partial charge >= 0.3 is 0 Å². The van der Waals surface area contributed by atoms with Gasteiger partial charge in [0, 0.05) is 5.75 Å². The van der Waals surface area contributed by atoms with Crippen LogP contribution in [0.25, 0.3) is 6.08 Å². The molecule has 184 valence electrons. The van der Waals surface area contributed by atoms with Gasteiger partial charge in [0.2, 0.25) is 5.13 Å². The molecule has 1 aromatic heterocycles. The number of anilines is 1. The number of nitrogens with zero attached hydrogens (tertiary/aromatic N) is 3. The molecule has 5 rings (SSSR count). The molecule has 0 radical (unpaired) electrons. The number of carbonyl (C=O) groups excluding carboxylic acids is 2. The van der Waals surface area contributed by atoms with E-state index in [-0.39, 0.29) is 16.5 Å². The van der Waals surface area contributed by atoms with E-state index in [1.54, 1.807) is 18.2 Å². The number of hydrogen-bond acceptors (Lipinski definition) is 8. The number of rotatable bonds is 8. The van der Waals surface area contributed by atoms with Gasteiger partial charge in [-0.25, -0.2) is 0 Å². The Balaban J connectivity index is 1.46. The molecule has 2 heterocycles. The second-order valence-corrected chi connectivity index (χ2v) is 10.3. The summed E-state index contributed by atoms with van der Waals surface area (Å²) in [5.74, 6) is -1.14. The van der Waals surface area contributed by atoms with Gasteiger partial charge in [-0.3, -0.25) is 14.5 Å². The first-order valence-corrected chi connectivity index (χ1v) is 13.1. The van der Waals surface area contributed by atoms with Crippen molar-refractivity contribution in [1.29, 1.82) is 0 Å². The van der Waals surface area contributed by atoms with Gasteiger partial charge in [0.15, 0.2) is 15.9 Å². The summed E-state index contributed by atoms with van der Waals surface area (Å²) in [6.07, 6.45) is 2.97. The number of ketones is 1. The van der Waals surface area contributed by atoms with E-state index in [4.69, 9.17) is 0 Å². The van der Waals surface area contributed by atoms with Crippen LogP contribution in [-0.2, 0) is 15.3 Å². The highest BCUT2D eigenvalue weighted by atomic mass is 32.2. The minimum atomic E-state index is -0.930.